The van der Waals surface area contributed by atoms with E-state index in [1.807, 2.05) is 0 Å². The minimum absolute atomic E-state index is 0.286. The number of likely N-dealkylation sites (N-methyl/N-ethyl adjacent to an activating group) is 1. The molecular formula is C19H26N2. The molecule has 0 aliphatic rings. The van der Waals surface area contributed by atoms with Gasteiger partial charge in [-0.3, -0.25) is 4.90 Å². The normalized spacial score (nSPS) is 12.6. The number of hydrogen-bond acceptors (Lipinski definition) is 2. The van der Waals surface area contributed by atoms with Crippen molar-refractivity contribution in [3.63, 3.8) is 0 Å². The van der Waals surface area contributed by atoms with Crippen LogP contribution in [0.2, 0.25) is 0 Å². The smallest absolute Gasteiger partial charge is 0.0470 e. The average Bonchev–Trinajstić information content (AvgIpc) is 2.50. The monoisotopic (exact) mass is 282 g/mol. The fourth-order valence-corrected chi connectivity index (χ4v) is 2.77. The predicted molar refractivity (Wildman–Crippen MR) is 90.5 cm³/mol. The van der Waals surface area contributed by atoms with Gasteiger partial charge in [0.2, 0.25) is 0 Å². The van der Waals surface area contributed by atoms with E-state index in [0.717, 1.165) is 13.0 Å². The summed E-state index contributed by atoms with van der Waals surface area (Å²) in [6.07, 6.45) is 1.05. The molecule has 0 amide bonds. The summed E-state index contributed by atoms with van der Waals surface area (Å²) in [6, 6.07) is 17.5. The Morgan fingerprint density at radius 2 is 1.76 bits per heavy atom. The van der Waals surface area contributed by atoms with E-state index in [2.05, 4.69) is 74.3 Å². The van der Waals surface area contributed by atoms with Gasteiger partial charge in [0.05, 0.1) is 0 Å². The molecule has 0 aliphatic heterocycles. The summed E-state index contributed by atoms with van der Waals surface area (Å²) < 4.78 is 0. The highest BCUT2D eigenvalue weighted by molar-refractivity contribution is 5.33. The Hall–Kier alpha value is -1.64. The van der Waals surface area contributed by atoms with Crippen molar-refractivity contribution in [2.45, 2.75) is 26.3 Å². The van der Waals surface area contributed by atoms with Crippen LogP contribution in [0.5, 0.6) is 0 Å². The molecule has 1 atom stereocenters. The molecule has 2 nitrogen and oxygen atoms in total. The zero-order valence-corrected chi connectivity index (χ0v) is 13.3. The number of hydrogen-bond donors (Lipinski definition) is 1. The van der Waals surface area contributed by atoms with Gasteiger partial charge < -0.3 is 5.73 Å². The third-order valence-corrected chi connectivity index (χ3v) is 4.15. The predicted octanol–water partition coefficient (Wildman–Crippen LogP) is 3.48. The molecule has 0 saturated heterocycles. The van der Waals surface area contributed by atoms with Crippen LogP contribution in [0.15, 0.2) is 48.5 Å². The average molecular weight is 282 g/mol. The molecule has 0 spiro atoms. The third kappa shape index (κ3) is 4.16. The van der Waals surface area contributed by atoms with Gasteiger partial charge >= 0.3 is 0 Å². The van der Waals surface area contributed by atoms with E-state index in [9.17, 15) is 0 Å². The second-order valence-electron chi connectivity index (χ2n) is 5.83. The summed E-state index contributed by atoms with van der Waals surface area (Å²) in [5, 5.41) is 0. The molecule has 2 N–H and O–H groups in total. The maximum atomic E-state index is 6.05. The lowest BCUT2D eigenvalue weighted by Gasteiger charge is -2.29. The van der Waals surface area contributed by atoms with Crippen molar-refractivity contribution in [2.24, 2.45) is 5.73 Å². The van der Waals surface area contributed by atoms with Gasteiger partial charge in [0.1, 0.15) is 0 Å². The highest BCUT2D eigenvalue weighted by atomic mass is 15.1. The largest absolute Gasteiger partial charge is 0.329 e. The first-order chi connectivity index (χ1) is 10.1. The van der Waals surface area contributed by atoms with Gasteiger partial charge in [-0.15, -0.1) is 0 Å². The van der Waals surface area contributed by atoms with Crippen molar-refractivity contribution < 1.29 is 0 Å². The molecule has 21 heavy (non-hydrogen) atoms. The molecule has 2 aromatic rings. The van der Waals surface area contributed by atoms with E-state index in [4.69, 9.17) is 5.73 Å². The summed E-state index contributed by atoms with van der Waals surface area (Å²) in [5.41, 5.74) is 11.4. The first-order valence-corrected chi connectivity index (χ1v) is 7.63. The first-order valence-electron chi connectivity index (χ1n) is 7.63. The Morgan fingerprint density at radius 3 is 2.43 bits per heavy atom. The number of benzene rings is 2. The molecule has 112 valence electrons. The van der Waals surface area contributed by atoms with Crippen molar-refractivity contribution in [1.29, 1.82) is 0 Å². The minimum Gasteiger partial charge on any atom is -0.329 e. The Morgan fingerprint density at radius 1 is 1.05 bits per heavy atom. The summed E-state index contributed by atoms with van der Waals surface area (Å²) in [7, 11) is 2.17. The van der Waals surface area contributed by atoms with E-state index >= 15 is 0 Å². The molecule has 2 heteroatoms. The van der Waals surface area contributed by atoms with Crippen LogP contribution in [0.25, 0.3) is 0 Å². The van der Waals surface area contributed by atoms with Gasteiger partial charge in [-0.05, 0) is 44.0 Å². The molecule has 1 unspecified atom stereocenters. The summed E-state index contributed by atoms with van der Waals surface area (Å²) in [6.45, 7) is 5.97. The Balaban J connectivity index is 2.08. The van der Waals surface area contributed by atoms with Gasteiger partial charge in [0.15, 0.2) is 0 Å². The van der Waals surface area contributed by atoms with Gasteiger partial charge in [0, 0.05) is 19.1 Å². The first kappa shape index (κ1) is 15.7. The molecule has 0 radical (unpaired) electrons. The number of aryl methyl sites for hydroxylation is 2. The summed E-state index contributed by atoms with van der Waals surface area (Å²) in [4.78, 5) is 2.37. The molecule has 2 rings (SSSR count). The van der Waals surface area contributed by atoms with Crippen LogP contribution in [0.1, 0.15) is 28.3 Å². The summed E-state index contributed by atoms with van der Waals surface area (Å²) >= 11 is 0. The molecule has 2 aromatic carbocycles. The van der Waals surface area contributed by atoms with Crippen molar-refractivity contribution in [1.82, 2.24) is 4.90 Å². The third-order valence-electron chi connectivity index (χ3n) is 4.15. The molecular weight excluding hydrogens is 256 g/mol. The van der Waals surface area contributed by atoms with E-state index in [1.165, 1.54) is 22.3 Å². The lowest BCUT2D eigenvalue weighted by atomic mass is 9.97. The fraction of sp³-hybridized carbons (Fsp3) is 0.368. The van der Waals surface area contributed by atoms with Crippen LogP contribution in [-0.2, 0) is 6.42 Å². The van der Waals surface area contributed by atoms with Crippen LogP contribution in [-0.4, -0.2) is 25.0 Å². The Bertz CT molecular complexity index is 563. The maximum Gasteiger partial charge on any atom is 0.0470 e. The van der Waals surface area contributed by atoms with E-state index < -0.39 is 0 Å². The Labute approximate surface area is 128 Å². The second kappa shape index (κ2) is 7.39. The highest BCUT2D eigenvalue weighted by Crippen LogP contribution is 2.23. The Kier molecular flexibility index (Phi) is 5.54. The summed E-state index contributed by atoms with van der Waals surface area (Å²) in [5.74, 6) is 0. The second-order valence-corrected chi connectivity index (χ2v) is 5.83. The topological polar surface area (TPSA) is 29.3 Å². The molecule has 0 fully saturated rings. The van der Waals surface area contributed by atoms with Gasteiger partial charge in [-0.2, -0.15) is 0 Å². The van der Waals surface area contributed by atoms with Gasteiger partial charge in [0.25, 0.3) is 0 Å². The number of nitrogens with zero attached hydrogens (tertiary/aromatic N) is 1. The number of nitrogens with two attached hydrogens (primary N) is 1. The SMILES string of the molecule is Cc1ccc(C)c(C(CN)N(C)CCc2ccccc2)c1. The van der Waals surface area contributed by atoms with Crippen molar-refractivity contribution >= 4 is 0 Å². The lowest BCUT2D eigenvalue weighted by Crippen LogP contribution is -2.32. The van der Waals surface area contributed by atoms with Crippen molar-refractivity contribution in [2.75, 3.05) is 20.1 Å². The quantitative estimate of drug-likeness (QED) is 0.879. The molecule has 0 heterocycles. The van der Waals surface area contributed by atoms with Gasteiger partial charge in [-0.1, -0.05) is 54.1 Å². The van der Waals surface area contributed by atoms with Crippen LogP contribution in [0.3, 0.4) is 0 Å². The molecule has 0 saturated carbocycles. The minimum atomic E-state index is 0.286. The van der Waals surface area contributed by atoms with Crippen molar-refractivity contribution in [3.05, 3.63) is 70.8 Å². The molecule has 0 aliphatic carbocycles. The molecule has 0 bridgehead atoms. The van der Waals surface area contributed by atoms with E-state index in [0.29, 0.717) is 6.54 Å². The van der Waals surface area contributed by atoms with E-state index in [-0.39, 0.29) is 6.04 Å². The lowest BCUT2D eigenvalue weighted by molar-refractivity contribution is 0.252. The fourth-order valence-electron chi connectivity index (χ4n) is 2.77. The van der Waals surface area contributed by atoms with Crippen LogP contribution >= 0.6 is 0 Å². The van der Waals surface area contributed by atoms with Crippen molar-refractivity contribution in [3.8, 4) is 0 Å². The van der Waals surface area contributed by atoms with Crippen LogP contribution < -0.4 is 5.73 Å². The van der Waals surface area contributed by atoms with Gasteiger partial charge in [-0.25, -0.2) is 0 Å². The zero-order valence-electron chi connectivity index (χ0n) is 13.3. The highest BCUT2D eigenvalue weighted by Gasteiger charge is 2.17. The van der Waals surface area contributed by atoms with Crippen LogP contribution in [0.4, 0.5) is 0 Å². The van der Waals surface area contributed by atoms with Crippen LogP contribution in [0, 0.1) is 13.8 Å². The molecule has 0 aromatic heterocycles. The number of rotatable bonds is 6. The zero-order chi connectivity index (χ0) is 15.2. The van der Waals surface area contributed by atoms with E-state index in [1.54, 1.807) is 0 Å². The maximum absolute atomic E-state index is 6.05. The standard InChI is InChI=1S/C19H26N2/c1-15-9-10-16(2)18(13-15)19(14-20)21(3)12-11-17-7-5-4-6-8-17/h4-10,13,19H,11-12,14,20H2,1-3H3.